The Morgan fingerprint density at radius 3 is 2.12 bits per heavy atom. The smallest absolute Gasteiger partial charge is 0.211 e. The number of carbonyl (C=O) groups excluding carboxylic acids is 1. The van der Waals surface area contributed by atoms with Crippen molar-refractivity contribution in [1.82, 2.24) is 4.31 Å². The molecule has 0 bridgehead atoms. The van der Waals surface area contributed by atoms with Gasteiger partial charge in [0.05, 0.1) is 19.3 Å². The van der Waals surface area contributed by atoms with Crippen molar-refractivity contribution >= 4 is 15.8 Å². The number of aliphatic hydroxyl groups is 1. The molecule has 0 aromatic heterocycles. The number of carbonyl (C=O) groups is 1. The van der Waals surface area contributed by atoms with E-state index in [-0.39, 0.29) is 30.7 Å². The topological polar surface area (TPSA) is 74.7 Å². The van der Waals surface area contributed by atoms with Gasteiger partial charge in [-0.25, -0.2) is 8.42 Å². The highest BCUT2D eigenvalue weighted by molar-refractivity contribution is 7.88. The second-order valence-electron chi connectivity index (χ2n) is 5.72. The van der Waals surface area contributed by atoms with Crippen LogP contribution in [-0.4, -0.2) is 48.6 Å². The molecule has 0 spiro atoms. The Labute approximate surface area is 96.5 Å². The van der Waals surface area contributed by atoms with Crippen molar-refractivity contribution in [3.05, 3.63) is 0 Å². The van der Waals surface area contributed by atoms with Crippen LogP contribution < -0.4 is 0 Å². The number of Topliss-reactive ketones (excluding diaryl/α,β-unsaturated/α-hetero) is 1. The fourth-order valence-corrected chi connectivity index (χ4v) is 2.49. The van der Waals surface area contributed by atoms with E-state index in [0.717, 1.165) is 10.6 Å². The minimum Gasteiger partial charge on any atom is -0.379 e. The van der Waals surface area contributed by atoms with Crippen LogP contribution in [0.25, 0.3) is 0 Å². The first-order chi connectivity index (χ1) is 6.94. The van der Waals surface area contributed by atoms with E-state index in [2.05, 4.69) is 0 Å². The van der Waals surface area contributed by atoms with Crippen LogP contribution in [0.3, 0.4) is 0 Å². The van der Waals surface area contributed by atoms with E-state index in [4.69, 9.17) is 0 Å². The van der Waals surface area contributed by atoms with E-state index < -0.39 is 15.6 Å². The van der Waals surface area contributed by atoms with Gasteiger partial charge >= 0.3 is 0 Å². The number of rotatable bonds is 3. The van der Waals surface area contributed by atoms with Gasteiger partial charge in [0.2, 0.25) is 10.0 Å². The Balaban J connectivity index is 2.62. The molecule has 6 heteroatoms. The molecule has 1 N–H and O–H groups in total. The quantitative estimate of drug-likeness (QED) is 0.764. The van der Waals surface area contributed by atoms with Crippen molar-refractivity contribution in [3.8, 4) is 0 Å². The lowest BCUT2D eigenvalue weighted by molar-refractivity contribution is -0.151. The molecule has 16 heavy (non-hydrogen) atoms. The molecule has 0 aliphatic carbocycles. The van der Waals surface area contributed by atoms with E-state index >= 15 is 0 Å². The van der Waals surface area contributed by atoms with Crippen molar-refractivity contribution in [1.29, 1.82) is 0 Å². The number of sulfonamides is 1. The number of hydrogen-bond acceptors (Lipinski definition) is 4. The van der Waals surface area contributed by atoms with Gasteiger partial charge in [-0.2, -0.15) is 4.31 Å². The lowest BCUT2D eigenvalue weighted by atomic mass is 9.81. The summed E-state index contributed by atoms with van der Waals surface area (Å²) in [5.41, 5.74) is -1.67. The van der Waals surface area contributed by atoms with Crippen molar-refractivity contribution in [2.75, 3.05) is 19.3 Å². The maximum Gasteiger partial charge on any atom is 0.211 e. The third kappa shape index (κ3) is 3.02. The van der Waals surface area contributed by atoms with Crippen molar-refractivity contribution < 1.29 is 18.3 Å². The average Bonchev–Trinajstić information content (AvgIpc) is 1.92. The van der Waals surface area contributed by atoms with Gasteiger partial charge in [-0.15, -0.1) is 0 Å². The number of nitrogens with zero attached hydrogens (tertiary/aromatic N) is 1. The first kappa shape index (κ1) is 13.6. The Morgan fingerprint density at radius 2 is 1.81 bits per heavy atom. The monoisotopic (exact) mass is 249 g/mol. The zero-order chi connectivity index (χ0) is 12.8. The lowest BCUT2D eigenvalue weighted by Crippen LogP contribution is -2.67. The van der Waals surface area contributed by atoms with E-state index in [1.807, 2.05) is 20.8 Å². The molecular formula is C10H19NO4S. The highest BCUT2D eigenvalue weighted by Crippen LogP contribution is 2.29. The van der Waals surface area contributed by atoms with Crippen LogP contribution in [-0.2, 0) is 14.8 Å². The summed E-state index contributed by atoms with van der Waals surface area (Å²) in [6.07, 6.45) is 1.32. The molecule has 0 aromatic rings. The average molecular weight is 249 g/mol. The number of β-amino-alcohol motifs (C(OH)–C–C–N with tert-alkyl or cyclic N) is 1. The second kappa shape index (κ2) is 3.78. The zero-order valence-corrected chi connectivity index (χ0v) is 11.0. The Morgan fingerprint density at radius 1 is 1.38 bits per heavy atom. The van der Waals surface area contributed by atoms with E-state index in [0.29, 0.717) is 0 Å². The molecule has 0 amide bonds. The van der Waals surface area contributed by atoms with Crippen LogP contribution in [0.2, 0.25) is 0 Å². The van der Waals surface area contributed by atoms with Gasteiger partial charge in [0.25, 0.3) is 0 Å². The predicted molar refractivity (Wildman–Crippen MR) is 60.4 cm³/mol. The summed E-state index contributed by atoms with van der Waals surface area (Å²) in [5, 5.41) is 9.92. The fraction of sp³-hybridized carbons (Fsp3) is 0.900. The highest BCUT2D eigenvalue weighted by atomic mass is 32.2. The molecule has 0 radical (unpaired) electrons. The SMILES string of the molecule is CC(C)(C)CC(=O)C1(O)CN(S(C)(=O)=O)C1. The number of ketones is 1. The highest BCUT2D eigenvalue weighted by Gasteiger charge is 2.51. The summed E-state index contributed by atoms with van der Waals surface area (Å²) in [6, 6.07) is 0. The van der Waals surface area contributed by atoms with Gasteiger partial charge in [-0.05, 0) is 5.41 Å². The molecule has 1 aliphatic rings. The molecule has 94 valence electrons. The molecule has 1 aliphatic heterocycles. The molecule has 0 unspecified atom stereocenters. The van der Waals surface area contributed by atoms with Crippen LogP contribution in [0.5, 0.6) is 0 Å². The van der Waals surface area contributed by atoms with Crippen LogP contribution in [0.4, 0.5) is 0 Å². The Kier molecular flexibility index (Phi) is 3.22. The van der Waals surface area contributed by atoms with Gasteiger partial charge in [-0.3, -0.25) is 4.79 Å². The molecule has 5 nitrogen and oxygen atoms in total. The van der Waals surface area contributed by atoms with E-state index in [9.17, 15) is 18.3 Å². The third-order valence-electron chi connectivity index (χ3n) is 2.55. The Bertz CT molecular complexity index is 388. The summed E-state index contributed by atoms with van der Waals surface area (Å²) < 4.78 is 23.3. The summed E-state index contributed by atoms with van der Waals surface area (Å²) >= 11 is 0. The van der Waals surface area contributed by atoms with Crippen molar-refractivity contribution in [2.45, 2.75) is 32.8 Å². The minimum absolute atomic E-state index is 0.110. The summed E-state index contributed by atoms with van der Waals surface area (Å²) in [6.45, 7) is 5.49. The maximum atomic E-state index is 11.8. The minimum atomic E-state index is -3.29. The van der Waals surface area contributed by atoms with Gasteiger partial charge in [0, 0.05) is 6.42 Å². The van der Waals surface area contributed by atoms with Crippen LogP contribution in [0, 0.1) is 5.41 Å². The molecule has 1 saturated heterocycles. The molecule has 0 aromatic carbocycles. The molecule has 0 atom stereocenters. The largest absolute Gasteiger partial charge is 0.379 e. The van der Waals surface area contributed by atoms with Crippen LogP contribution >= 0.6 is 0 Å². The normalized spacial score (nSPS) is 21.6. The van der Waals surface area contributed by atoms with Gasteiger partial charge in [-0.1, -0.05) is 20.8 Å². The summed E-state index contributed by atoms with van der Waals surface area (Å²) in [7, 11) is -3.29. The summed E-state index contributed by atoms with van der Waals surface area (Å²) in [5.74, 6) is -0.278. The molecule has 0 saturated carbocycles. The molecule has 1 fully saturated rings. The van der Waals surface area contributed by atoms with Gasteiger partial charge in [0.15, 0.2) is 5.78 Å². The maximum absolute atomic E-state index is 11.8. The first-order valence-corrected chi connectivity index (χ1v) is 7.00. The first-order valence-electron chi connectivity index (χ1n) is 5.15. The standard InChI is InChI=1S/C10H19NO4S/c1-9(2,3)5-8(12)10(13)6-11(7-10)16(4,14)15/h13H,5-7H2,1-4H3. The Hall–Kier alpha value is -0.460. The number of hydrogen-bond donors (Lipinski definition) is 1. The van der Waals surface area contributed by atoms with Crippen LogP contribution in [0.1, 0.15) is 27.2 Å². The van der Waals surface area contributed by atoms with Crippen LogP contribution in [0.15, 0.2) is 0 Å². The zero-order valence-electron chi connectivity index (χ0n) is 10.1. The second-order valence-corrected chi connectivity index (χ2v) is 7.71. The molecule has 1 heterocycles. The summed E-state index contributed by atoms with van der Waals surface area (Å²) in [4.78, 5) is 11.8. The third-order valence-corrected chi connectivity index (χ3v) is 3.75. The van der Waals surface area contributed by atoms with Crippen molar-refractivity contribution in [3.63, 3.8) is 0 Å². The van der Waals surface area contributed by atoms with E-state index in [1.54, 1.807) is 0 Å². The molecular weight excluding hydrogens is 230 g/mol. The van der Waals surface area contributed by atoms with Gasteiger partial charge < -0.3 is 5.11 Å². The molecule has 1 rings (SSSR count). The predicted octanol–water partition coefficient (Wildman–Crippen LogP) is -0.00200. The fourth-order valence-electron chi connectivity index (χ4n) is 1.59. The lowest BCUT2D eigenvalue weighted by Gasteiger charge is -2.44. The van der Waals surface area contributed by atoms with E-state index in [1.165, 1.54) is 0 Å². The van der Waals surface area contributed by atoms with Crippen molar-refractivity contribution in [2.24, 2.45) is 5.41 Å². The van der Waals surface area contributed by atoms with Gasteiger partial charge in [0.1, 0.15) is 5.60 Å².